The quantitative estimate of drug-likeness (QED) is 0.593. The van der Waals surface area contributed by atoms with Crippen LogP contribution in [0.1, 0.15) is 25.8 Å². The highest BCUT2D eigenvalue weighted by atomic mass is 16.7. The van der Waals surface area contributed by atoms with E-state index in [0.29, 0.717) is 12.2 Å². The maximum absolute atomic E-state index is 12.0. The van der Waals surface area contributed by atoms with Gasteiger partial charge in [-0.25, -0.2) is 4.79 Å². The van der Waals surface area contributed by atoms with Gasteiger partial charge >= 0.3 is 5.97 Å². The monoisotopic (exact) mass is 232 g/mol. The molecule has 1 aliphatic heterocycles. The first kappa shape index (κ1) is 11.9. The van der Waals surface area contributed by atoms with Gasteiger partial charge in [-0.2, -0.15) is 0 Å². The standard InChI is InChI=1S/C14H16O3/c1-3-12(11-7-5-4-6-8-11)13(15)17-14(2)9-10-16-14/h3-8H,9-10H2,1-2H3. The fourth-order valence-electron chi connectivity index (χ4n) is 1.74. The molecule has 1 aliphatic rings. The zero-order valence-electron chi connectivity index (χ0n) is 10.1. The minimum atomic E-state index is -0.736. The summed E-state index contributed by atoms with van der Waals surface area (Å²) in [5, 5.41) is 0. The largest absolute Gasteiger partial charge is 0.430 e. The van der Waals surface area contributed by atoms with Crippen molar-refractivity contribution in [2.75, 3.05) is 6.61 Å². The van der Waals surface area contributed by atoms with Crippen LogP contribution in [0.3, 0.4) is 0 Å². The van der Waals surface area contributed by atoms with Crippen molar-refractivity contribution in [3.05, 3.63) is 42.0 Å². The van der Waals surface area contributed by atoms with Crippen LogP contribution in [0.4, 0.5) is 0 Å². The van der Waals surface area contributed by atoms with Crippen LogP contribution < -0.4 is 0 Å². The van der Waals surface area contributed by atoms with Crippen LogP contribution in [0.25, 0.3) is 5.57 Å². The van der Waals surface area contributed by atoms with E-state index in [2.05, 4.69) is 0 Å². The van der Waals surface area contributed by atoms with Gasteiger partial charge in [0, 0.05) is 13.3 Å². The fourth-order valence-corrected chi connectivity index (χ4v) is 1.74. The van der Waals surface area contributed by atoms with E-state index in [1.807, 2.05) is 37.3 Å². The lowest BCUT2D eigenvalue weighted by Crippen LogP contribution is -2.44. The van der Waals surface area contributed by atoms with Crippen molar-refractivity contribution in [1.82, 2.24) is 0 Å². The summed E-state index contributed by atoms with van der Waals surface area (Å²) in [5.74, 6) is -1.07. The van der Waals surface area contributed by atoms with Crippen molar-refractivity contribution >= 4 is 11.5 Å². The summed E-state index contributed by atoms with van der Waals surface area (Å²) in [5.41, 5.74) is 1.44. The predicted octanol–water partition coefficient (Wildman–Crippen LogP) is 2.77. The van der Waals surface area contributed by atoms with Crippen LogP contribution in [0.2, 0.25) is 0 Å². The molecule has 3 heteroatoms. The Labute approximate surface area is 101 Å². The number of allylic oxidation sites excluding steroid dienone is 1. The first-order valence-corrected chi connectivity index (χ1v) is 5.74. The highest BCUT2D eigenvalue weighted by Crippen LogP contribution is 2.29. The maximum Gasteiger partial charge on any atom is 0.340 e. The Morgan fingerprint density at radius 2 is 2.06 bits per heavy atom. The molecule has 1 saturated heterocycles. The van der Waals surface area contributed by atoms with Gasteiger partial charge < -0.3 is 9.47 Å². The first-order chi connectivity index (χ1) is 8.14. The molecule has 0 N–H and O–H groups in total. The van der Waals surface area contributed by atoms with Gasteiger partial charge in [-0.3, -0.25) is 0 Å². The number of hydrogen-bond donors (Lipinski definition) is 0. The molecule has 3 nitrogen and oxygen atoms in total. The Balaban J connectivity index is 2.12. The second-order valence-electron chi connectivity index (χ2n) is 4.19. The highest BCUT2D eigenvalue weighted by molar-refractivity contribution is 6.16. The summed E-state index contributed by atoms with van der Waals surface area (Å²) in [6.07, 6.45) is 2.52. The average Bonchev–Trinajstić information content (AvgIpc) is 2.29. The van der Waals surface area contributed by atoms with E-state index in [1.165, 1.54) is 0 Å². The summed E-state index contributed by atoms with van der Waals surface area (Å²) in [7, 11) is 0. The van der Waals surface area contributed by atoms with Gasteiger partial charge in [-0.1, -0.05) is 36.4 Å². The predicted molar refractivity (Wildman–Crippen MR) is 65.2 cm³/mol. The van der Waals surface area contributed by atoms with E-state index in [0.717, 1.165) is 12.0 Å². The molecule has 0 radical (unpaired) electrons. The lowest BCUT2D eigenvalue weighted by atomic mass is 10.1. The summed E-state index contributed by atoms with van der Waals surface area (Å²) in [6.45, 7) is 4.26. The Morgan fingerprint density at radius 3 is 2.53 bits per heavy atom. The average molecular weight is 232 g/mol. The van der Waals surface area contributed by atoms with Crippen LogP contribution in [0, 0.1) is 0 Å². The Kier molecular flexibility index (Phi) is 3.29. The van der Waals surface area contributed by atoms with Gasteiger partial charge in [0.1, 0.15) is 0 Å². The summed E-state index contributed by atoms with van der Waals surface area (Å²) in [6, 6.07) is 9.49. The molecule has 1 fully saturated rings. The zero-order valence-corrected chi connectivity index (χ0v) is 10.1. The molecular weight excluding hydrogens is 216 g/mol. The third-order valence-corrected chi connectivity index (χ3v) is 2.87. The normalized spacial score (nSPS) is 24.0. The molecule has 1 atom stereocenters. The highest BCUT2D eigenvalue weighted by Gasteiger charge is 2.38. The molecule has 0 aliphatic carbocycles. The molecule has 17 heavy (non-hydrogen) atoms. The SMILES string of the molecule is CC=C(C(=O)OC1(C)CCO1)c1ccccc1. The molecule has 1 aromatic rings. The Bertz CT molecular complexity index is 430. The first-order valence-electron chi connectivity index (χ1n) is 5.74. The topological polar surface area (TPSA) is 35.5 Å². The van der Waals surface area contributed by atoms with Crippen molar-refractivity contribution in [3.63, 3.8) is 0 Å². The van der Waals surface area contributed by atoms with Crippen LogP contribution in [-0.2, 0) is 14.3 Å². The molecule has 1 heterocycles. The van der Waals surface area contributed by atoms with E-state index >= 15 is 0 Å². The van der Waals surface area contributed by atoms with Crippen molar-refractivity contribution < 1.29 is 14.3 Å². The molecule has 2 rings (SSSR count). The molecular formula is C14H16O3. The van der Waals surface area contributed by atoms with Gasteiger partial charge in [-0.15, -0.1) is 0 Å². The van der Waals surface area contributed by atoms with Crippen LogP contribution in [-0.4, -0.2) is 18.4 Å². The molecule has 0 saturated carbocycles. The number of hydrogen-bond acceptors (Lipinski definition) is 3. The van der Waals surface area contributed by atoms with Gasteiger partial charge in [0.2, 0.25) is 5.79 Å². The number of carbonyl (C=O) groups excluding carboxylic acids is 1. The van der Waals surface area contributed by atoms with Crippen molar-refractivity contribution in [2.24, 2.45) is 0 Å². The smallest absolute Gasteiger partial charge is 0.340 e. The summed E-state index contributed by atoms with van der Waals surface area (Å²) < 4.78 is 10.6. The second kappa shape index (κ2) is 4.72. The zero-order chi connectivity index (χ0) is 12.3. The molecule has 0 spiro atoms. The van der Waals surface area contributed by atoms with E-state index in [1.54, 1.807) is 13.0 Å². The maximum atomic E-state index is 12.0. The molecule has 0 aromatic heterocycles. The number of esters is 1. The molecule has 1 unspecified atom stereocenters. The minimum absolute atomic E-state index is 0.332. The van der Waals surface area contributed by atoms with Gasteiger partial charge in [0.15, 0.2) is 0 Å². The van der Waals surface area contributed by atoms with E-state index in [9.17, 15) is 4.79 Å². The Morgan fingerprint density at radius 1 is 1.41 bits per heavy atom. The fraction of sp³-hybridized carbons (Fsp3) is 0.357. The molecule has 0 amide bonds. The number of carbonyl (C=O) groups is 1. The molecule has 90 valence electrons. The lowest BCUT2D eigenvalue weighted by molar-refractivity contribution is -0.278. The van der Waals surface area contributed by atoms with Crippen molar-refractivity contribution in [1.29, 1.82) is 0 Å². The Hall–Kier alpha value is -1.61. The molecule has 1 aromatic carbocycles. The number of ether oxygens (including phenoxy) is 2. The summed E-state index contributed by atoms with van der Waals surface area (Å²) >= 11 is 0. The lowest BCUT2D eigenvalue weighted by Gasteiger charge is -2.37. The van der Waals surface area contributed by atoms with Crippen LogP contribution in [0.5, 0.6) is 0 Å². The van der Waals surface area contributed by atoms with Gasteiger partial charge in [0.25, 0.3) is 0 Å². The minimum Gasteiger partial charge on any atom is -0.430 e. The molecule has 0 bridgehead atoms. The number of rotatable bonds is 3. The third-order valence-electron chi connectivity index (χ3n) is 2.87. The summed E-state index contributed by atoms with van der Waals surface area (Å²) in [4.78, 5) is 12.0. The van der Waals surface area contributed by atoms with Gasteiger partial charge in [-0.05, 0) is 12.5 Å². The van der Waals surface area contributed by atoms with Crippen molar-refractivity contribution in [3.8, 4) is 0 Å². The third kappa shape index (κ3) is 2.56. The number of benzene rings is 1. The van der Waals surface area contributed by atoms with Crippen LogP contribution in [0.15, 0.2) is 36.4 Å². The van der Waals surface area contributed by atoms with Gasteiger partial charge in [0.05, 0.1) is 12.2 Å². The van der Waals surface area contributed by atoms with Crippen molar-refractivity contribution in [2.45, 2.75) is 26.1 Å². The van der Waals surface area contributed by atoms with E-state index in [4.69, 9.17) is 9.47 Å². The second-order valence-corrected chi connectivity index (χ2v) is 4.19. The van der Waals surface area contributed by atoms with Crippen LogP contribution >= 0.6 is 0 Å². The van der Waals surface area contributed by atoms with E-state index < -0.39 is 5.79 Å². The van der Waals surface area contributed by atoms with E-state index in [-0.39, 0.29) is 5.97 Å².